The van der Waals surface area contributed by atoms with Crippen LogP contribution in [0.1, 0.15) is 25.5 Å². The van der Waals surface area contributed by atoms with E-state index in [-0.39, 0.29) is 11.4 Å². The molecule has 2 aromatic heterocycles. The Morgan fingerprint density at radius 2 is 2.32 bits per heavy atom. The van der Waals surface area contributed by atoms with Crippen LogP contribution in [0.25, 0.3) is 11.2 Å². The van der Waals surface area contributed by atoms with Gasteiger partial charge in [-0.15, -0.1) is 0 Å². The minimum Gasteiger partial charge on any atom is -0.390 e. The van der Waals surface area contributed by atoms with Gasteiger partial charge in [0.2, 0.25) is 10.8 Å². The van der Waals surface area contributed by atoms with Crippen molar-refractivity contribution in [1.82, 2.24) is 19.5 Å². The molecule has 1 aliphatic heterocycles. The van der Waals surface area contributed by atoms with Crippen molar-refractivity contribution >= 4 is 28.7 Å². The van der Waals surface area contributed by atoms with Crippen LogP contribution < -0.4 is 0 Å². The monoisotopic (exact) mass is 283 g/mol. The fourth-order valence-corrected chi connectivity index (χ4v) is 2.32. The first kappa shape index (κ1) is 12.2. The van der Waals surface area contributed by atoms with E-state index in [9.17, 15) is 10.1 Å². The van der Waals surface area contributed by atoms with Crippen LogP contribution in [0.2, 0.25) is 5.15 Å². The number of halogens is 1. The number of nitrogens with zero attached hydrogens (tertiary/aromatic N) is 5. The van der Waals surface area contributed by atoms with E-state index in [1.54, 1.807) is 4.57 Å². The molecule has 3 rings (SSSR count). The first-order valence-electron chi connectivity index (χ1n) is 5.83. The molecule has 8 nitrogen and oxygen atoms in total. The summed E-state index contributed by atoms with van der Waals surface area (Å²) in [5, 5.41) is 10.7. The maximum Gasteiger partial charge on any atom is 0.472 e. The molecule has 1 unspecified atom stereocenters. The van der Waals surface area contributed by atoms with Crippen molar-refractivity contribution in [1.29, 1.82) is 0 Å². The second kappa shape index (κ2) is 4.71. The number of nitro groups is 1. The van der Waals surface area contributed by atoms with E-state index in [1.807, 2.05) is 0 Å². The fourth-order valence-electron chi connectivity index (χ4n) is 2.11. The number of fused-ring (bicyclic) bond motifs is 1. The Bertz CT molecular complexity index is 637. The zero-order valence-electron chi connectivity index (χ0n) is 9.82. The Kier molecular flexibility index (Phi) is 3.03. The smallest absolute Gasteiger partial charge is 0.390 e. The molecule has 0 N–H and O–H groups in total. The van der Waals surface area contributed by atoms with Gasteiger partial charge in [-0.1, -0.05) is 4.98 Å². The van der Waals surface area contributed by atoms with Crippen molar-refractivity contribution in [2.24, 2.45) is 0 Å². The maximum absolute atomic E-state index is 10.8. The Balaban J connectivity index is 2.12. The van der Waals surface area contributed by atoms with Crippen LogP contribution in [0.3, 0.4) is 0 Å². The van der Waals surface area contributed by atoms with Crippen LogP contribution in [-0.4, -0.2) is 31.0 Å². The molecular formula is C10H10ClN5O3. The average Bonchev–Trinajstić information content (AvgIpc) is 2.84. The number of hydrogen-bond acceptors (Lipinski definition) is 6. The molecule has 0 radical (unpaired) electrons. The summed E-state index contributed by atoms with van der Waals surface area (Å²) in [7, 11) is 0. The van der Waals surface area contributed by atoms with Gasteiger partial charge in [-0.3, -0.25) is 4.57 Å². The van der Waals surface area contributed by atoms with E-state index < -0.39 is 10.9 Å². The van der Waals surface area contributed by atoms with Crippen LogP contribution >= 0.6 is 11.6 Å². The Hall–Kier alpha value is -1.80. The largest absolute Gasteiger partial charge is 0.472 e. The molecule has 0 saturated carbocycles. The minimum absolute atomic E-state index is 0.0220. The molecule has 1 atom stereocenters. The average molecular weight is 284 g/mol. The predicted octanol–water partition coefficient (Wildman–Crippen LogP) is 2.09. The summed E-state index contributed by atoms with van der Waals surface area (Å²) in [6.07, 6.45) is 4.19. The van der Waals surface area contributed by atoms with Crippen molar-refractivity contribution in [3.63, 3.8) is 0 Å². The lowest BCUT2D eigenvalue weighted by molar-refractivity contribution is -0.394. The Labute approximate surface area is 112 Å². The lowest BCUT2D eigenvalue weighted by Crippen LogP contribution is -2.17. The Morgan fingerprint density at radius 1 is 1.47 bits per heavy atom. The number of ether oxygens (including phenoxy) is 1. The van der Waals surface area contributed by atoms with Gasteiger partial charge in [0.05, 0.1) is 0 Å². The first-order valence-corrected chi connectivity index (χ1v) is 6.20. The van der Waals surface area contributed by atoms with Crippen molar-refractivity contribution < 1.29 is 9.66 Å². The second-order valence-corrected chi connectivity index (χ2v) is 4.57. The van der Waals surface area contributed by atoms with Gasteiger partial charge in [0.1, 0.15) is 12.6 Å². The molecular weight excluding hydrogens is 274 g/mol. The molecule has 0 aromatic carbocycles. The SMILES string of the molecule is O=[N+]([O-])c1nc(Cl)c2ncn(C3CCCCO3)c2n1. The first-order chi connectivity index (χ1) is 9.16. The lowest BCUT2D eigenvalue weighted by Gasteiger charge is -2.23. The zero-order valence-corrected chi connectivity index (χ0v) is 10.6. The lowest BCUT2D eigenvalue weighted by atomic mass is 10.2. The summed E-state index contributed by atoms with van der Waals surface area (Å²) in [5.41, 5.74) is 0.681. The van der Waals surface area contributed by atoms with Crippen LogP contribution in [0.4, 0.5) is 5.95 Å². The highest BCUT2D eigenvalue weighted by Crippen LogP contribution is 2.28. The summed E-state index contributed by atoms with van der Waals surface area (Å²) in [4.78, 5) is 21.7. The molecule has 1 fully saturated rings. The molecule has 3 heterocycles. The minimum atomic E-state index is -0.676. The summed E-state index contributed by atoms with van der Waals surface area (Å²) >= 11 is 5.89. The maximum atomic E-state index is 10.8. The summed E-state index contributed by atoms with van der Waals surface area (Å²) in [5.74, 6) is -0.532. The summed E-state index contributed by atoms with van der Waals surface area (Å²) in [6, 6.07) is 0. The molecule has 2 aromatic rings. The molecule has 0 aliphatic carbocycles. The van der Waals surface area contributed by atoms with E-state index in [1.165, 1.54) is 6.33 Å². The van der Waals surface area contributed by atoms with Gasteiger partial charge in [-0.05, 0) is 40.8 Å². The van der Waals surface area contributed by atoms with E-state index in [2.05, 4.69) is 15.0 Å². The molecule has 9 heteroatoms. The molecule has 1 aliphatic rings. The van der Waals surface area contributed by atoms with Crippen LogP contribution in [0.15, 0.2) is 6.33 Å². The highest BCUT2D eigenvalue weighted by molar-refractivity contribution is 6.33. The molecule has 19 heavy (non-hydrogen) atoms. The van der Waals surface area contributed by atoms with Gasteiger partial charge in [0.15, 0.2) is 5.52 Å². The summed E-state index contributed by atoms with van der Waals surface area (Å²) < 4.78 is 7.30. The predicted molar refractivity (Wildman–Crippen MR) is 65.8 cm³/mol. The molecule has 0 amide bonds. The summed E-state index contributed by atoms with van der Waals surface area (Å²) in [6.45, 7) is 0.658. The second-order valence-electron chi connectivity index (χ2n) is 4.22. The number of hydrogen-bond donors (Lipinski definition) is 0. The number of rotatable bonds is 2. The van der Waals surface area contributed by atoms with Crippen LogP contribution in [0, 0.1) is 10.1 Å². The fraction of sp³-hybridized carbons (Fsp3) is 0.500. The normalized spacial score (nSPS) is 19.7. The van der Waals surface area contributed by atoms with Gasteiger partial charge in [-0.25, -0.2) is 4.98 Å². The molecule has 100 valence electrons. The van der Waals surface area contributed by atoms with E-state index in [0.717, 1.165) is 19.3 Å². The van der Waals surface area contributed by atoms with E-state index >= 15 is 0 Å². The van der Waals surface area contributed by atoms with Crippen molar-refractivity contribution in [3.8, 4) is 0 Å². The van der Waals surface area contributed by atoms with E-state index in [0.29, 0.717) is 17.8 Å². The highest BCUT2D eigenvalue weighted by Gasteiger charge is 2.25. The topological polar surface area (TPSA) is 96.0 Å². The quantitative estimate of drug-likeness (QED) is 0.475. The van der Waals surface area contributed by atoms with Crippen LogP contribution in [-0.2, 0) is 4.74 Å². The molecule has 1 saturated heterocycles. The highest BCUT2D eigenvalue weighted by atomic mass is 35.5. The number of imidazole rings is 1. The zero-order chi connectivity index (χ0) is 13.4. The standard InChI is InChI=1S/C10H10ClN5O3/c11-8-7-9(14-10(13-8)16(17)18)15(5-12-7)6-3-1-2-4-19-6/h5-6H,1-4H2. The van der Waals surface area contributed by atoms with Gasteiger partial charge in [-0.2, -0.15) is 0 Å². The third-order valence-corrected chi connectivity index (χ3v) is 3.26. The third kappa shape index (κ3) is 2.13. The van der Waals surface area contributed by atoms with Crippen molar-refractivity contribution in [3.05, 3.63) is 21.6 Å². The van der Waals surface area contributed by atoms with Crippen LogP contribution in [0.5, 0.6) is 0 Å². The number of aromatic nitrogens is 4. The van der Waals surface area contributed by atoms with Crippen molar-refractivity contribution in [2.45, 2.75) is 25.5 Å². The van der Waals surface area contributed by atoms with Gasteiger partial charge in [0, 0.05) is 6.61 Å². The van der Waals surface area contributed by atoms with Crippen molar-refractivity contribution in [2.75, 3.05) is 6.61 Å². The molecule has 0 spiro atoms. The Morgan fingerprint density at radius 3 is 3.00 bits per heavy atom. The van der Waals surface area contributed by atoms with E-state index in [4.69, 9.17) is 16.3 Å². The molecule has 0 bridgehead atoms. The van der Waals surface area contributed by atoms with Gasteiger partial charge in [0.25, 0.3) is 0 Å². The van der Waals surface area contributed by atoms with Gasteiger partial charge >= 0.3 is 5.95 Å². The third-order valence-electron chi connectivity index (χ3n) is 3.00. The van der Waals surface area contributed by atoms with Gasteiger partial charge < -0.3 is 14.9 Å².